The Labute approximate surface area is 153 Å². The molecule has 1 fully saturated rings. The smallest absolute Gasteiger partial charge is 0.244 e. The van der Waals surface area contributed by atoms with Crippen molar-refractivity contribution >= 4 is 11.3 Å². The summed E-state index contributed by atoms with van der Waals surface area (Å²) in [6.07, 6.45) is 4.00. The molecule has 1 aliphatic heterocycles. The molecule has 6 nitrogen and oxygen atoms in total. The van der Waals surface area contributed by atoms with E-state index in [0.717, 1.165) is 43.4 Å². The van der Waals surface area contributed by atoms with E-state index in [4.69, 9.17) is 9.26 Å². The molecule has 1 aliphatic rings. The third-order valence-electron chi connectivity index (χ3n) is 4.59. The maximum absolute atomic E-state index is 5.59. The fourth-order valence-corrected chi connectivity index (χ4v) is 3.86. The van der Waals surface area contributed by atoms with Gasteiger partial charge in [0.05, 0.1) is 6.04 Å². The molecule has 0 saturated carbocycles. The predicted octanol–water partition coefficient (Wildman–Crippen LogP) is 4.03. The summed E-state index contributed by atoms with van der Waals surface area (Å²) in [6, 6.07) is 0.0512. The van der Waals surface area contributed by atoms with Gasteiger partial charge in [0.15, 0.2) is 5.82 Å². The molecule has 2 aromatic heterocycles. The Balaban J connectivity index is 1.73. The molecule has 0 amide bonds. The molecule has 3 rings (SSSR count). The van der Waals surface area contributed by atoms with Gasteiger partial charge in [0, 0.05) is 36.8 Å². The quantitative estimate of drug-likeness (QED) is 0.799. The molecule has 2 aromatic rings. The molecular weight excluding hydrogens is 336 g/mol. The van der Waals surface area contributed by atoms with Crippen molar-refractivity contribution in [2.24, 2.45) is 5.92 Å². The van der Waals surface area contributed by atoms with Crippen LogP contribution in [0.1, 0.15) is 80.0 Å². The van der Waals surface area contributed by atoms with Gasteiger partial charge >= 0.3 is 0 Å². The SMILES string of the molecule is CC(C)c1noc(C(NCc2ncc(C(C)C)s2)C2CCOCC2)n1. The Morgan fingerprint density at radius 2 is 1.96 bits per heavy atom. The van der Waals surface area contributed by atoms with Gasteiger partial charge in [0.2, 0.25) is 5.89 Å². The van der Waals surface area contributed by atoms with Crippen molar-refractivity contribution in [1.82, 2.24) is 20.4 Å². The van der Waals surface area contributed by atoms with Gasteiger partial charge in [-0.25, -0.2) is 4.98 Å². The van der Waals surface area contributed by atoms with Crippen LogP contribution in [0.3, 0.4) is 0 Å². The van der Waals surface area contributed by atoms with E-state index in [1.807, 2.05) is 6.20 Å². The van der Waals surface area contributed by atoms with Crippen LogP contribution in [0, 0.1) is 5.92 Å². The third-order valence-corrected chi connectivity index (χ3v) is 5.89. The average Bonchev–Trinajstić information content (AvgIpc) is 3.26. The van der Waals surface area contributed by atoms with Crippen molar-refractivity contribution < 1.29 is 9.26 Å². The van der Waals surface area contributed by atoms with E-state index in [-0.39, 0.29) is 12.0 Å². The standard InChI is InChI=1S/C18H28N4O2S/c1-11(2)14-9-19-15(25-14)10-20-16(13-5-7-23-8-6-13)18-21-17(12(3)4)22-24-18/h9,11-13,16,20H,5-8,10H2,1-4H3. The zero-order chi connectivity index (χ0) is 17.8. The molecule has 1 saturated heterocycles. The normalized spacial score (nSPS) is 17.5. The van der Waals surface area contributed by atoms with Crippen molar-refractivity contribution in [3.05, 3.63) is 27.8 Å². The van der Waals surface area contributed by atoms with Gasteiger partial charge in [-0.2, -0.15) is 4.98 Å². The molecule has 0 aliphatic carbocycles. The molecule has 1 N–H and O–H groups in total. The summed E-state index contributed by atoms with van der Waals surface area (Å²) < 4.78 is 11.1. The monoisotopic (exact) mass is 364 g/mol. The lowest BCUT2D eigenvalue weighted by Crippen LogP contribution is -2.32. The highest BCUT2D eigenvalue weighted by atomic mass is 32.1. The Morgan fingerprint density at radius 1 is 1.20 bits per heavy atom. The van der Waals surface area contributed by atoms with Crippen molar-refractivity contribution in [2.45, 2.75) is 65.0 Å². The highest BCUT2D eigenvalue weighted by Crippen LogP contribution is 2.31. The molecule has 3 heterocycles. The van der Waals surface area contributed by atoms with Crippen LogP contribution in [0.15, 0.2) is 10.7 Å². The molecule has 1 unspecified atom stereocenters. The summed E-state index contributed by atoms with van der Waals surface area (Å²) in [5, 5.41) is 8.87. The number of hydrogen-bond donors (Lipinski definition) is 1. The van der Waals surface area contributed by atoms with Crippen molar-refractivity contribution in [3.8, 4) is 0 Å². The zero-order valence-corrected chi connectivity index (χ0v) is 16.3. The molecule has 0 bridgehead atoms. The minimum absolute atomic E-state index is 0.0512. The van der Waals surface area contributed by atoms with Gasteiger partial charge < -0.3 is 9.26 Å². The molecule has 0 radical (unpaired) electrons. The number of thiazole rings is 1. The minimum Gasteiger partial charge on any atom is -0.381 e. The van der Waals surface area contributed by atoms with Crippen LogP contribution in [0.4, 0.5) is 0 Å². The number of hydrogen-bond acceptors (Lipinski definition) is 7. The molecule has 1 atom stereocenters. The summed E-state index contributed by atoms with van der Waals surface area (Å²) in [6.45, 7) is 10.9. The molecule has 7 heteroatoms. The lowest BCUT2D eigenvalue weighted by Gasteiger charge is -2.28. The van der Waals surface area contributed by atoms with Crippen LogP contribution in [-0.2, 0) is 11.3 Å². The van der Waals surface area contributed by atoms with Crippen molar-refractivity contribution in [2.75, 3.05) is 13.2 Å². The second kappa shape index (κ2) is 8.38. The van der Waals surface area contributed by atoms with E-state index in [2.05, 4.69) is 48.1 Å². The minimum atomic E-state index is 0.0512. The van der Waals surface area contributed by atoms with Gasteiger partial charge in [0.1, 0.15) is 5.01 Å². The van der Waals surface area contributed by atoms with Crippen LogP contribution < -0.4 is 5.32 Å². The molecule has 0 aromatic carbocycles. The van der Waals surface area contributed by atoms with E-state index in [9.17, 15) is 0 Å². The van der Waals surface area contributed by atoms with Crippen LogP contribution >= 0.6 is 11.3 Å². The van der Waals surface area contributed by atoms with Crippen molar-refractivity contribution in [1.29, 1.82) is 0 Å². The maximum Gasteiger partial charge on any atom is 0.244 e. The van der Waals surface area contributed by atoms with Gasteiger partial charge in [0.25, 0.3) is 0 Å². The van der Waals surface area contributed by atoms with E-state index in [1.54, 1.807) is 11.3 Å². The summed E-state index contributed by atoms with van der Waals surface area (Å²) in [4.78, 5) is 10.5. The Kier molecular flexibility index (Phi) is 6.19. The van der Waals surface area contributed by atoms with Crippen LogP contribution in [-0.4, -0.2) is 28.3 Å². The first-order valence-corrected chi connectivity index (χ1v) is 9.95. The molecular formula is C18H28N4O2S. The second-order valence-electron chi connectivity index (χ2n) is 7.26. The van der Waals surface area contributed by atoms with Gasteiger partial charge in [-0.15, -0.1) is 11.3 Å². The Morgan fingerprint density at radius 3 is 2.56 bits per heavy atom. The zero-order valence-electron chi connectivity index (χ0n) is 15.5. The Hall–Kier alpha value is -1.31. The van der Waals surface area contributed by atoms with Gasteiger partial charge in [-0.3, -0.25) is 5.32 Å². The van der Waals surface area contributed by atoms with E-state index < -0.39 is 0 Å². The molecule has 138 valence electrons. The van der Waals surface area contributed by atoms with Gasteiger partial charge in [-0.05, 0) is 24.7 Å². The number of aromatic nitrogens is 3. The van der Waals surface area contributed by atoms with Gasteiger partial charge in [-0.1, -0.05) is 32.9 Å². The number of nitrogens with zero attached hydrogens (tertiary/aromatic N) is 3. The highest BCUT2D eigenvalue weighted by molar-refractivity contribution is 7.11. The average molecular weight is 365 g/mol. The van der Waals surface area contributed by atoms with E-state index in [0.29, 0.717) is 17.7 Å². The number of rotatable bonds is 7. The van der Waals surface area contributed by atoms with Crippen LogP contribution in [0.5, 0.6) is 0 Å². The summed E-state index contributed by atoms with van der Waals surface area (Å²) in [5.74, 6) is 2.68. The highest BCUT2D eigenvalue weighted by Gasteiger charge is 2.30. The Bertz CT molecular complexity index is 662. The number of nitrogens with one attached hydrogen (secondary N) is 1. The fourth-order valence-electron chi connectivity index (χ4n) is 2.98. The second-order valence-corrected chi connectivity index (χ2v) is 8.41. The summed E-state index contributed by atoms with van der Waals surface area (Å²) in [7, 11) is 0. The largest absolute Gasteiger partial charge is 0.381 e. The predicted molar refractivity (Wildman–Crippen MR) is 97.7 cm³/mol. The van der Waals surface area contributed by atoms with E-state index in [1.165, 1.54) is 4.88 Å². The molecule has 25 heavy (non-hydrogen) atoms. The van der Waals surface area contributed by atoms with Crippen LogP contribution in [0.2, 0.25) is 0 Å². The van der Waals surface area contributed by atoms with Crippen molar-refractivity contribution in [3.63, 3.8) is 0 Å². The first-order chi connectivity index (χ1) is 12.0. The fraction of sp³-hybridized carbons (Fsp3) is 0.722. The summed E-state index contributed by atoms with van der Waals surface area (Å²) >= 11 is 1.77. The number of ether oxygens (including phenoxy) is 1. The maximum atomic E-state index is 5.59. The first-order valence-electron chi connectivity index (χ1n) is 9.13. The third kappa shape index (κ3) is 4.65. The summed E-state index contributed by atoms with van der Waals surface area (Å²) in [5.41, 5.74) is 0. The van der Waals surface area contributed by atoms with E-state index >= 15 is 0 Å². The topological polar surface area (TPSA) is 73.1 Å². The lowest BCUT2D eigenvalue weighted by molar-refractivity contribution is 0.0485. The lowest BCUT2D eigenvalue weighted by atomic mass is 9.91. The van der Waals surface area contributed by atoms with Crippen LogP contribution in [0.25, 0.3) is 0 Å². The first kappa shape index (κ1) is 18.5. The molecule has 0 spiro atoms.